The highest BCUT2D eigenvalue weighted by Gasteiger charge is 2.15. The average Bonchev–Trinajstić information content (AvgIpc) is 3.02. The summed E-state index contributed by atoms with van der Waals surface area (Å²) in [5.74, 6) is -0.106. The fraction of sp³-hybridized carbons (Fsp3) is 0.222. The topological polar surface area (TPSA) is 142 Å². The van der Waals surface area contributed by atoms with Crippen LogP contribution in [0.4, 0.5) is 17.3 Å². The third kappa shape index (κ3) is 4.76. The molecule has 0 atom stereocenters. The van der Waals surface area contributed by atoms with E-state index in [9.17, 15) is 13.2 Å². The minimum atomic E-state index is -3.56. The van der Waals surface area contributed by atoms with Crippen LogP contribution in [0, 0.1) is 13.8 Å². The van der Waals surface area contributed by atoms with Crippen molar-refractivity contribution in [3.05, 3.63) is 53.6 Å². The lowest BCUT2D eigenvalue weighted by Gasteiger charge is -2.09. The van der Waals surface area contributed by atoms with E-state index >= 15 is 0 Å². The monoisotopic (exact) mass is 415 g/mol. The van der Waals surface area contributed by atoms with Gasteiger partial charge in [0.1, 0.15) is 0 Å². The molecule has 0 bridgehead atoms. The number of carbonyl (C=O) groups excluding carboxylic acids is 1. The number of H-pyrrole nitrogens is 1. The van der Waals surface area contributed by atoms with Crippen LogP contribution in [0.3, 0.4) is 0 Å². The van der Waals surface area contributed by atoms with Crippen molar-refractivity contribution in [3.63, 3.8) is 0 Å². The van der Waals surface area contributed by atoms with Crippen molar-refractivity contribution in [1.82, 2.24) is 24.9 Å². The van der Waals surface area contributed by atoms with Gasteiger partial charge in [0.05, 0.1) is 23.0 Å². The van der Waals surface area contributed by atoms with E-state index in [1.165, 1.54) is 24.5 Å². The molecule has 0 spiro atoms. The molecule has 0 aliphatic heterocycles. The molecule has 1 amide bonds. The molecule has 0 fully saturated rings. The van der Waals surface area contributed by atoms with Crippen molar-refractivity contribution < 1.29 is 13.2 Å². The van der Waals surface area contributed by atoms with E-state index in [0.29, 0.717) is 23.6 Å². The van der Waals surface area contributed by atoms with Crippen LogP contribution in [0.2, 0.25) is 0 Å². The average molecular weight is 415 g/mol. The Hall–Kier alpha value is -3.31. The first-order valence-corrected chi connectivity index (χ1v) is 10.3. The number of aryl methyl sites for hydroxylation is 1. The molecule has 0 aliphatic carbocycles. The molecule has 4 N–H and O–H groups in total. The lowest BCUT2D eigenvalue weighted by molar-refractivity contribution is 0.102. The lowest BCUT2D eigenvalue weighted by Crippen LogP contribution is -2.23. The van der Waals surface area contributed by atoms with Gasteiger partial charge in [0.25, 0.3) is 5.91 Å². The first-order valence-electron chi connectivity index (χ1n) is 8.82. The third-order valence-corrected chi connectivity index (χ3v) is 5.66. The van der Waals surface area contributed by atoms with E-state index in [-0.39, 0.29) is 16.8 Å². The zero-order valence-electron chi connectivity index (χ0n) is 16.1. The maximum absolute atomic E-state index is 12.3. The Kier molecular flexibility index (Phi) is 5.89. The summed E-state index contributed by atoms with van der Waals surface area (Å²) in [6, 6.07) is 6.31. The Labute approximate surface area is 168 Å². The van der Waals surface area contributed by atoms with Gasteiger partial charge in [0.2, 0.25) is 16.0 Å². The van der Waals surface area contributed by atoms with Crippen molar-refractivity contribution in [2.45, 2.75) is 25.7 Å². The van der Waals surface area contributed by atoms with E-state index in [1.54, 1.807) is 19.1 Å². The molecule has 0 unspecified atom stereocenters. The predicted octanol–water partition coefficient (Wildman–Crippen LogP) is 2.11. The number of sulfonamides is 1. The molecule has 0 radical (unpaired) electrons. The zero-order valence-corrected chi connectivity index (χ0v) is 17.0. The van der Waals surface area contributed by atoms with Gasteiger partial charge in [-0.1, -0.05) is 13.0 Å². The maximum Gasteiger partial charge on any atom is 0.276 e. The third-order valence-electron chi connectivity index (χ3n) is 4.11. The second kappa shape index (κ2) is 8.37. The van der Waals surface area contributed by atoms with Gasteiger partial charge in [-0.3, -0.25) is 9.89 Å². The number of nitrogens with one attached hydrogen (secondary N) is 4. The zero-order chi connectivity index (χ0) is 21.0. The summed E-state index contributed by atoms with van der Waals surface area (Å²) in [6.07, 6.45) is 2.89. The van der Waals surface area contributed by atoms with Gasteiger partial charge in [-0.2, -0.15) is 5.10 Å². The van der Waals surface area contributed by atoms with E-state index in [0.717, 1.165) is 11.3 Å². The summed E-state index contributed by atoms with van der Waals surface area (Å²) in [5, 5.41) is 12.4. The summed E-state index contributed by atoms with van der Waals surface area (Å²) in [7, 11) is -3.56. The standard InChI is InChI=1S/C18H21N7O3S/c1-4-21-29(27,28)15-7-5-6-13(8-15)23-18-19-9-14(10-20-18)22-17(26)16-11(2)12(3)24-25-16/h5-10,21H,4H2,1-3H3,(H,22,26)(H,24,25)(H,19,20,23). The molecule has 2 heterocycles. The molecule has 0 saturated carbocycles. The van der Waals surface area contributed by atoms with E-state index in [4.69, 9.17) is 0 Å². The van der Waals surface area contributed by atoms with Crippen LogP contribution in [-0.4, -0.2) is 41.0 Å². The number of rotatable bonds is 7. The van der Waals surface area contributed by atoms with Crippen LogP contribution in [0.15, 0.2) is 41.6 Å². The van der Waals surface area contributed by atoms with Crippen molar-refractivity contribution in [3.8, 4) is 0 Å². The van der Waals surface area contributed by atoms with Crippen molar-refractivity contribution >= 4 is 33.3 Å². The molecule has 3 rings (SSSR count). The summed E-state index contributed by atoms with van der Waals surface area (Å²) in [6.45, 7) is 5.65. The first-order chi connectivity index (χ1) is 13.8. The second-order valence-electron chi connectivity index (χ2n) is 6.23. The molecule has 10 nitrogen and oxygen atoms in total. The molecule has 0 aliphatic rings. The highest BCUT2D eigenvalue weighted by Crippen LogP contribution is 2.19. The van der Waals surface area contributed by atoms with Crippen molar-refractivity contribution in [1.29, 1.82) is 0 Å². The van der Waals surface area contributed by atoms with Gasteiger partial charge in [-0.25, -0.2) is 23.1 Å². The number of nitrogens with zero attached hydrogens (tertiary/aromatic N) is 3. The fourth-order valence-corrected chi connectivity index (χ4v) is 3.58. The number of aromatic amines is 1. The number of benzene rings is 1. The van der Waals surface area contributed by atoms with Gasteiger partial charge in [-0.05, 0) is 32.0 Å². The van der Waals surface area contributed by atoms with E-state index in [1.807, 2.05) is 13.8 Å². The number of amides is 1. The summed E-state index contributed by atoms with van der Waals surface area (Å²) < 4.78 is 26.7. The molecule has 2 aromatic heterocycles. The molecular formula is C18H21N7O3S. The van der Waals surface area contributed by atoms with Gasteiger partial charge in [0.15, 0.2) is 5.69 Å². The largest absolute Gasteiger partial charge is 0.324 e. The van der Waals surface area contributed by atoms with E-state index in [2.05, 4.69) is 35.5 Å². The number of hydrogen-bond donors (Lipinski definition) is 4. The van der Waals surface area contributed by atoms with Gasteiger partial charge in [-0.15, -0.1) is 0 Å². The highest BCUT2D eigenvalue weighted by molar-refractivity contribution is 7.89. The molecule has 152 valence electrons. The van der Waals surface area contributed by atoms with Crippen LogP contribution in [-0.2, 0) is 10.0 Å². The fourth-order valence-electron chi connectivity index (χ4n) is 2.50. The van der Waals surface area contributed by atoms with Crippen molar-refractivity contribution in [2.24, 2.45) is 0 Å². The minimum Gasteiger partial charge on any atom is -0.324 e. The van der Waals surface area contributed by atoms with Crippen LogP contribution in [0.1, 0.15) is 28.7 Å². The van der Waals surface area contributed by atoms with Gasteiger partial charge < -0.3 is 10.6 Å². The molecule has 0 saturated heterocycles. The number of aromatic nitrogens is 4. The molecular weight excluding hydrogens is 394 g/mol. The van der Waals surface area contributed by atoms with Crippen molar-refractivity contribution in [2.75, 3.05) is 17.2 Å². The Balaban J connectivity index is 1.70. The molecule has 11 heteroatoms. The van der Waals surface area contributed by atoms with Crippen LogP contribution >= 0.6 is 0 Å². The Bertz CT molecular complexity index is 1120. The SMILES string of the molecule is CCNS(=O)(=O)c1cccc(Nc2ncc(NC(=O)c3n[nH]c(C)c3C)cn2)c1. The second-order valence-corrected chi connectivity index (χ2v) is 7.99. The normalized spacial score (nSPS) is 11.3. The number of carbonyl (C=O) groups is 1. The molecule has 3 aromatic rings. The summed E-state index contributed by atoms with van der Waals surface area (Å²) in [4.78, 5) is 20.7. The summed E-state index contributed by atoms with van der Waals surface area (Å²) >= 11 is 0. The Morgan fingerprint density at radius 1 is 1.14 bits per heavy atom. The maximum atomic E-state index is 12.3. The molecule has 29 heavy (non-hydrogen) atoms. The van der Waals surface area contributed by atoms with Crippen LogP contribution < -0.4 is 15.4 Å². The lowest BCUT2D eigenvalue weighted by atomic mass is 10.2. The van der Waals surface area contributed by atoms with Crippen LogP contribution in [0.5, 0.6) is 0 Å². The number of hydrogen-bond acceptors (Lipinski definition) is 7. The van der Waals surface area contributed by atoms with Gasteiger partial charge >= 0.3 is 0 Å². The van der Waals surface area contributed by atoms with E-state index < -0.39 is 10.0 Å². The van der Waals surface area contributed by atoms with Gasteiger partial charge in [0, 0.05) is 23.5 Å². The summed E-state index contributed by atoms with van der Waals surface area (Å²) in [5.41, 5.74) is 2.83. The smallest absolute Gasteiger partial charge is 0.276 e. The predicted molar refractivity (Wildman–Crippen MR) is 109 cm³/mol. The quantitative estimate of drug-likeness (QED) is 0.463. The Morgan fingerprint density at radius 3 is 2.48 bits per heavy atom. The van der Waals surface area contributed by atoms with Crippen LogP contribution in [0.25, 0.3) is 0 Å². The molecule has 1 aromatic carbocycles. The first kappa shape index (κ1) is 20.4. The minimum absolute atomic E-state index is 0.137. The highest BCUT2D eigenvalue weighted by atomic mass is 32.2. The number of anilines is 3. The Morgan fingerprint density at radius 2 is 1.86 bits per heavy atom.